The van der Waals surface area contributed by atoms with Crippen LogP contribution in [0.25, 0.3) is 0 Å². The standard InChI is InChI=1S/C14H20N2O2/c1-9(7-13(17)18)14-15-10(2)8-12(16-14)11-5-3-4-6-11/h8-9,11H,3-7H2,1-2H3,(H,17,18). The monoisotopic (exact) mass is 248 g/mol. The number of aromatic nitrogens is 2. The van der Waals surface area contributed by atoms with Crippen molar-refractivity contribution in [2.24, 2.45) is 0 Å². The largest absolute Gasteiger partial charge is 0.481 e. The van der Waals surface area contributed by atoms with Gasteiger partial charge in [0.1, 0.15) is 5.82 Å². The van der Waals surface area contributed by atoms with E-state index in [-0.39, 0.29) is 12.3 Å². The Balaban J connectivity index is 2.22. The van der Waals surface area contributed by atoms with Crippen LogP contribution in [0.2, 0.25) is 0 Å². The maximum atomic E-state index is 10.8. The summed E-state index contributed by atoms with van der Waals surface area (Å²) in [5.74, 6) is 0.305. The molecule has 1 atom stereocenters. The summed E-state index contributed by atoms with van der Waals surface area (Å²) in [6.07, 6.45) is 5.03. The van der Waals surface area contributed by atoms with Crippen molar-refractivity contribution in [1.29, 1.82) is 0 Å². The van der Waals surface area contributed by atoms with Gasteiger partial charge in [-0.05, 0) is 25.8 Å². The van der Waals surface area contributed by atoms with Gasteiger partial charge in [0.25, 0.3) is 0 Å². The molecule has 0 aromatic carbocycles. The lowest BCUT2D eigenvalue weighted by Crippen LogP contribution is -2.10. The molecule has 1 aliphatic rings. The fourth-order valence-electron chi connectivity index (χ4n) is 2.62. The second-order valence-electron chi connectivity index (χ2n) is 5.27. The van der Waals surface area contributed by atoms with Crippen LogP contribution in [-0.2, 0) is 4.79 Å². The number of hydrogen-bond acceptors (Lipinski definition) is 3. The normalized spacial score (nSPS) is 17.9. The Morgan fingerprint density at radius 3 is 2.72 bits per heavy atom. The number of aryl methyl sites for hydroxylation is 1. The van der Waals surface area contributed by atoms with E-state index < -0.39 is 5.97 Å². The number of hydrogen-bond donors (Lipinski definition) is 1. The molecule has 0 bridgehead atoms. The van der Waals surface area contributed by atoms with Crippen LogP contribution in [0.15, 0.2) is 6.07 Å². The van der Waals surface area contributed by atoms with Crippen LogP contribution in [-0.4, -0.2) is 21.0 Å². The SMILES string of the molecule is Cc1cc(C2CCCC2)nc(C(C)CC(=O)O)n1. The summed E-state index contributed by atoms with van der Waals surface area (Å²) < 4.78 is 0. The van der Waals surface area contributed by atoms with E-state index in [2.05, 4.69) is 9.97 Å². The second kappa shape index (κ2) is 5.46. The summed E-state index contributed by atoms with van der Waals surface area (Å²) in [7, 11) is 0. The van der Waals surface area contributed by atoms with Gasteiger partial charge in [-0.15, -0.1) is 0 Å². The van der Waals surface area contributed by atoms with E-state index >= 15 is 0 Å². The number of carboxylic acid groups (broad SMARTS) is 1. The zero-order chi connectivity index (χ0) is 13.1. The second-order valence-corrected chi connectivity index (χ2v) is 5.27. The van der Waals surface area contributed by atoms with Crippen molar-refractivity contribution in [3.05, 3.63) is 23.3 Å². The Hall–Kier alpha value is -1.45. The molecule has 98 valence electrons. The minimum atomic E-state index is -0.796. The zero-order valence-electron chi connectivity index (χ0n) is 11.0. The number of carboxylic acids is 1. The highest BCUT2D eigenvalue weighted by molar-refractivity contribution is 5.67. The molecule has 1 saturated carbocycles. The third-order valence-corrected chi connectivity index (χ3v) is 3.59. The van der Waals surface area contributed by atoms with Gasteiger partial charge in [0.2, 0.25) is 0 Å². The van der Waals surface area contributed by atoms with E-state index in [0.29, 0.717) is 11.7 Å². The smallest absolute Gasteiger partial charge is 0.304 e. The van der Waals surface area contributed by atoms with Crippen molar-refractivity contribution in [2.75, 3.05) is 0 Å². The predicted octanol–water partition coefficient (Wildman–Crippen LogP) is 3.02. The van der Waals surface area contributed by atoms with Crippen molar-refractivity contribution in [3.63, 3.8) is 0 Å². The highest BCUT2D eigenvalue weighted by Gasteiger charge is 2.21. The van der Waals surface area contributed by atoms with Gasteiger partial charge >= 0.3 is 5.97 Å². The molecular formula is C14H20N2O2. The highest BCUT2D eigenvalue weighted by atomic mass is 16.4. The Morgan fingerprint density at radius 1 is 1.44 bits per heavy atom. The highest BCUT2D eigenvalue weighted by Crippen LogP contribution is 2.33. The number of rotatable bonds is 4. The maximum Gasteiger partial charge on any atom is 0.304 e. The topological polar surface area (TPSA) is 63.1 Å². The summed E-state index contributed by atoms with van der Waals surface area (Å²) in [6, 6.07) is 2.05. The molecule has 4 heteroatoms. The van der Waals surface area contributed by atoms with E-state index in [0.717, 1.165) is 11.4 Å². The molecule has 0 radical (unpaired) electrons. The molecule has 1 unspecified atom stereocenters. The van der Waals surface area contributed by atoms with Gasteiger partial charge in [0.15, 0.2) is 0 Å². The van der Waals surface area contributed by atoms with Gasteiger partial charge in [-0.1, -0.05) is 19.8 Å². The molecule has 0 amide bonds. The lowest BCUT2D eigenvalue weighted by Gasteiger charge is -2.14. The Morgan fingerprint density at radius 2 is 2.11 bits per heavy atom. The average Bonchev–Trinajstić information content (AvgIpc) is 2.80. The van der Waals surface area contributed by atoms with Crippen molar-refractivity contribution in [1.82, 2.24) is 9.97 Å². The minimum Gasteiger partial charge on any atom is -0.481 e. The first-order valence-corrected chi connectivity index (χ1v) is 6.63. The molecular weight excluding hydrogens is 228 g/mol. The van der Waals surface area contributed by atoms with Crippen LogP contribution in [0.4, 0.5) is 0 Å². The van der Waals surface area contributed by atoms with E-state index in [1.165, 1.54) is 25.7 Å². The Bertz CT molecular complexity index is 439. The molecule has 1 aromatic rings. The van der Waals surface area contributed by atoms with E-state index in [9.17, 15) is 4.79 Å². The zero-order valence-corrected chi connectivity index (χ0v) is 11.0. The molecule has 18 heavy (non-hydrogen) atoms. The quantitative estimate of drug-likeness (QED) is 0.889. The molecule has 1 aromatic heterocycles. The van der Waals surface area contributed by atoms with E-state index in [1.807, 2.05) is 19.9 Å². The molecule has 1 N–H and O–H groups in total. The average molecular weight is 248 g/mol. The fourth-order valence-corrected chi connectivity index (χ4v) is 2.62. The Labute approximate surface area is 107 Å². The first kappa shape index (κ1) is 13.0. The van der Waals surface area contributed by atoms with Gasteiger partial charge in [-0.3, -0.25) is 4.79 Å². The van der Waals surface area contributed by atoms with Crippen molar-refractivity contribution in [2.45, 2.75) is 57.8 Å². The van der Waals surface area contributed by atoms with Gasteiger partial charge in [0, 0.05) is 23.2 Å². The van der Waals surface area contributed by atoms with Gasteiger partial charge in [-0.2, -0.15) is 0 Å². The van der Waals surface area contributed by atoms with Crippen LogP contribution in [0.3, 0.4) is 0 Å². The molecule has 0 saturated heterocycles. The first-order chi connectivity index (χ1) is 8.56. The summed E-state index contributed by atoms with van der Waals surface area (Å²) in [6.45, 7) is 3.83. The van der Waals surface area contributed by atoms with Crippen molar-refractivity contribution in [3.8, 4) is 0 Å². The molecule has 0 spiro atoms. The third-order valence-electron chi connectivity index (χ3n) is 3.59. The van der Waals surface area contributed by atoms with Crippen LogP contribution in [0.5, 0.6) is 0 Å². The Kier molecular flexibility index (Phi) is 3.94. The lowest BCUT2D eigenvalue weighted by molar-refractivity contribution is -0.137. The van der Waals surface area contributed by atoms with Crippen molar-refractivity contribution >= 4 is 5.97 Å². The molecule has 0 aliphatic heterocycles. The van der Waals surface area contributed by atoms with Crippen molar-refractivity contribution < 1.29 is 9.90 Å². The summed E-state index contributed by atoms with van der Waals surface area (Å²) >= 11 is 0. The summed E-state index contributed by atoms with van der Waals surface area (Å²) in [5.41, 5.74) is 2.05. The third kappa shape index (κ3) is 3.06. The van der Waals surface area contributed by atoms with Crippen LogP contribution >= 0.6 is 0 Å². The van der Waals surface area contributed by atoms with Gasteiger partial charge in [0.05, 0.1) is 6.42 Å². The molecule has 1 aliphatic carbocycles. The summed E-state index contributed by atoms with van der Waals surface area (Å²) in [4.78, 5) is 19.7. The van der Waals surface area contributed by atoms with Gasteiger partial charge in [-0.25, -0.2) is 9.97 Å². The maximum absolute atomic E-state index is 10.8. The molecule has 1 heterocycles. The number of carbonyl (C=O) groups is 1. The minimum absolute atomic E-state index is 0.0908. The molecule has 2 rings (SSSR count). The fraction of sp³-hybridized carbons (Fsp3) is 0.643. The van der Waals surface area contributed by atoms with E-state index in [4.69, 9.17) is 5.11 Å². The predicted molar refractivity (Wildman–Crippen MR) is 68.6 cm³/mol. The first-order valence-electron chi connectivity index (χ1n) is 6.63. The van der Waals surface area contributed by atoms with Crippen LogP contribution in [0, 0.1) is 6.92 Å². The van der Waals surface area contributed by atoms with Crippen LogP contribution < -0.4 is 0 Å². The van der Waals surface area contributed by atoms with E-state index in [1.54, 1.807) is 0 Å². The van der Waals surface area contributed by atoms with Crippen LogP contribution in [0.1, 0.15) is 68.1 Å². The number of nitrogens with zero attached hydrogens (tertiary/aromatic N) is 2. The van der Waals surface area contributed by atoms with Gasteiger partial charge < -0.3 is 5.11 Å². The molecule has 4 nitrogen and oxygen atoms in total. The molecule has 1 fully saturated rings. The summed E-state index contributed by atoms with van der Waals surface area (Å²) in [5, 5.41) is 8.84. The lowest BCUT2D eigenvalue weighted by atomic mass is 10.0. The number of aliphatic carboxylic acids is 1.